The van der Waals surface area contributed by atoms with E-state index in [1.807, 2.05) is 16.4 Å². The number of fused-ring (bicyclic) bond motifs is 4. The Hall–Kier alpha value is -3.23. The normalized spacial score (nSPS) is 16.4. The maximum Gasteiger partial charge on any atom is 0.274 e. The quantitative estimate of drug-likeness (QED) is 0.326. The van der Waals surface area contributed by atoms with E-state index in [1.54, 1.807) is 24.3 Å². The van der Waals surface area contributed by atoms with Crippen molar-refractivity contribution in [3.05, 3.63) is 69.1 Å². The second-order valence-corrected chi connectivity index (χ2v) is 10.1. The Kier molecular flexibility index (Phi) is 5.61. The van der Waals surface area contributed by atoms with E-state index in [0.717, 1.165) is 43.1 Å². The molecular weight excluding hydrogens is 504 g/mol. The van der Waals surface area contributed by atoms with Gasteiger partial charge in [-0.05, 0) is 56.2 Å². The Morgan fingerprint density at radius 2 is 1.75 bits per heavy atom. The third kappa shape index (κ3) is 3.62. The number of nitrogens with one attached hydrogen (secondary N) is 2. The minimum atomic E-state index is -0.513. The second kappa shape index (κ2) is 8.71. The number of carbonyl (C=O) groups excluding carboxylic acids is 2. The Morgan fingerprint density at radius 3 is 2.47 bits per heavy atom. The zero-order chi connectivity index (χ0) is 25.1. The van der Waals surface area contributed by atoms with Gasteiger partial charge in [0.2, 0.25) is 0 Å². The molecule has 186 valence electrons. The van der Waals surface area contributed by atoms with E-state index < -0.39 is 5.82 Å². The summed E-state index contributed by atoms with van der Waals surface area (Å²) in [4.78, 5) is 29.6. The summed E-state index contributed by atoms with van der Waals surface area (Å²) in [5.74, 6) is 0.136. The fourth-order valence-electron chi connectivity index (χ4n) is 5.28. The van der Waals surface area contributed by atoms with Gasteiger partial charge in [-0.3, -0.25) is 14.2 Å². The van der Waals surface area contributed by atoms with Crippen molar-refractivity contribution >= 4 is 52.2 Å². The molecule has 0 aliphatic carbocycles. The average Bonchev–Trinajstić information content (AvgIpc) is 3.20. The topological polar surface area (TPSA) is 69.6 Å². The third-order valence-corrected chi connectivity index (χ3v) is 7.90. The molecule has 1 fully saturated rings. The average molecular weight is 528 g/mol. The summed E-state index contributed by atoms with van der Waals surface area (Å²) in [7, 11) is 0. The number of nitrogens with zero attached hydrogens (tertiary/aromatic N) is 3. The van der Waals surface area contributed by atoms with Gasteiger partial charge in [0.1, 0.15) is 28.7 Å². The Balaban J connectivity index is 1.20. The van der Waals surface area contributed by atoms with Gasteiger partial charge in [-0.2, -0.15) is 0 Å². The van der Waals surface area contributed by atoms with Crippen LogP contribution >= 0.6 is 23.2 Å². The van der Waals surface area contributed by atoms with Crippen LogP contribution in [0.25, 0.3) is 5.69 Å². The number of amides is 2. The molecule has 4 aliphatic rings. The number of hydrogen-bond donors (Lipinski definition) is 2. The van der Waals surface area contributed by atoms with E-state index in [9.17, 15) is 14.0 Å². The minimum absolute atomic E-state index is 0.0151. The zero-order valence-electron chi connectivity index (χ0n) is 19.6. The third-order valence-electron chi connectivity index (χ3n) is 7.19. The summed E-state index contributed by atoms with van der Waals surface area (Å²) >= 11 is 12.7. The molecule has 2 aromatic rings. The number of hydrogen-bond acceptors (Lipinski definition) is 4. The van der Waals surface area contributed by atoms with Crippen LogP contribution in [0.5, 0.6) is 0 Å². The van der Waals surface area contributed by atoms with Gasteiger partial charge in [-0.15, -0.1) is 0 Å². The Bertz CT molecular complexity index is 1400. The van der Waals surface area contributed by atoms with Crippen molar-refractivity contribution in [2.45, 2.75) is 25.8 Å². The molecule has 2 N–H and O–H groups in total. The molecule has 10 heteroatoms. The van der Waals surface area contributed by atoms with E-state index >= 15 is 0 Å². The van der Waals surface area contributed by atoms with Crippen LogP contribution in [-0.4, -0.2) is 47.5 Å². The number of anilines is 3. The van der Waals surface area contributed by atoms with Gasteiger partial charge < -0.3 is 20.4 Å². The predicted molar refractivity (Wildman–Crippen MR) is 140 cm³/mol. The number of benzene rings is 2. The molecule has 7 nitrogen and oxygen atoms in total. The maximum atomic E-state index is 14.2. The largest absolute Gasteiger partial charge is 0.368 e. The molecule has 0 saturated carbocycles. The van der Waals surface area contributed by atoms with E-state index in [4.69, 9.17) is 23.2 Å². The molecule has 0 bridgehead atoms. The minimum Gasteiger partial charge on any atom is -0.368 e. The predicted octanol–water partition coefficient (Wildman–Crippen LogP) is 5.72. The van der Waals surface area contributed by atoms with E-state index in [1.165, 1.54) is 12.1 Å². The Labute approximate surface area is 217 Å². The van der Waals surface area contributed by atoms with Gasteiger partial charge in [0.15, 0.2) is 0 Å². The van der Waals surface area contributed by atoms with Crippen LogP contribution in [0.4, 0.5) is 21.6 Å². The van der Waals surface area contributed by atoms with Crippen molar-refractivity contribution in [1.29, 1.82) is 0 Å². The van der Waals surface area contributed by atoms with Crippen LogP contribution < -0.4 is 15.5 Å². The summed E-state index contributed by atoms with van der Waals surface area (Å²) < 4.78 is 16.0. The first kappa shape index (κ1) is 23.2. The smallest absolute Gasteiger partial charge is 0.274 e. The van der Waals surface area contributed by atoms with Gasteiger partial charge in [-0.25, -0.2) is 4.39 Å². The molecule has 1 atom stereocenters. The van der Waals surface area contributed by atoms with Gasteiger partial charge >= 0.3 is 0 Å². The number of halogens is 3. The molecule has 0 aromatic heterocycles. The molecule has 4 aliphatic heterocycles. The molecule has 1 unspecified atom stereocenters. The molecule has 4 heterocycles. The lowest BCUT2D eigenvalue weighted by molar-refractivity contribution is 0.0792. The molecule has 0 spiro atoms. The maximum absolute atomic E-state index is 14.2. The monoisotopic (exact) mass is 527 g/mol. The number of aromatic nitrogens is 1. The number of carbonyl (C=O) groups is 2. The van der Waals surface area contributed by atoms with Gasteiger partial charge in [0, 0.05) is 48.0 Å². The summed E-state index contributed by atoms with van der Waals surface area (Å²) in [5.41, 5.74) is 4.08. The fraction of sp³-hybridized carbons (Fsp3) is 0.308. The van der Waals surface area contributed by atoms with Crippen molar-refractivity contribution in [3.63, 3.8) is 0 Å². The molecule has 0 radical (unpaired) electrons. The van der Waals surface area contributed by atoms with Crippen molar-refractivity contribution in [3.8, 4) is 5.69 Å². The highest BCUT2D eigenvalue weighted by Gasteiger charge is 2.46. The van der Waals surface area contributed by atoms with Gasteiger partial charge in [0.05, 0.1) is 11.1 Å². The van der Waals surface area contributed by atoms with Crippen molar-refractivity contribution < 1.29 is 14.0 Å². The molecule has 36 heavy (non-hydrogen) atoms. The van der Waals surface area contributed by atoms with Crippen molar-refractivity contribution in [2.24, 2.45) is 0 Å². The number of likely N-dealkylation sites (tertiary alicyclic amines) is 1. The first-order valence-corrected chi connectivity index (χ1v) is 12.8. The summed E-state index contributed by atoms with van der Waals surface area (Å²) in [6.07, 6.45) is 2.08. The first-order valence-electron chi connectivity index (χ1n) is 12.0. The highest BCUT2D eigenvalue weighted by molar-refractivity contribution is 6.36. The second-order valence-electron chi connectivity index (χ2n) is 9.31. The van der Waals surface area contributed by atoms with E-state index in [2.05, 4.69) is 15.5 Å². The summed E-state index contributed by atoms with van der Waals surface area (Å²) in [6, 6.07) is 9.48. The summed E-state index contributed by atoms with van der Waals surface area (Å²) in [5, 5.41) is 6.68. The molecular formula is C26H24Cl2FN5O2. The van der Waals surface area contributed by atoms with Crippen molar-refractivity contribution in [1.82, 2.24) is 9.47 Å². The molecule has 2 aromatic carbocycles. The standard InChI is InChI=1S/C26H24Cl2FN5O2/c1-14(19-17(27)8-9-18(29)20(19)28)33-13-10-30-24-22(33)21-23(34(21)24)25(35)31-16-6-4-15(5-7-16)26(36)32-11-2-3-12-32/h4-9,14,30H,2-3,10-13H2,1H3,(H,31,35). The Morgan fingerprint density at radius 1 is 1.03 bits per heavy atom. The lowest BCUT2D eigenvalue weighted by Crippen LogP contribution is -2.38. The van der Waals surface area contributed by atoms with E-state index in [0.29, 0.717) is 40.6 Å². The van der Waals surface area contributed by atoms with Gasteiger partial charge in [0.25, 0.3) is 11.8 Å². The SMILES string of the molecule is CC(c1c(Cl)ccc(F)c1Cl)N1CCNc2c1c1c(C(=O)Nc3ccc(C(=O)N4CCCC4)cc3)n2-1. The highest BCUT2D eigenvalue weighted by Crippen LogP contribution is 2.56. The fourth-order valence-corrected chi connectivity index (χ4v) is 5.97. The molecule has 2 amide bonds. The summed E-state index contributed by atoms with van der Waals surface area (Å²) in [6.45, 7) is 4.84. The molecule has 6 rings (SSSR count). The van der Waals surface area contributed by atoms with Crippen LogP contribution in [0, 0.1) is 5.82 Å². The molecule has 1 saturated heterocycles. The van der Waals surface area contributed by atoms with Crippen LogP contribution in [-0.2, 0) is 0 Å². The van der Waals surface area contributed by atoms with Crippen LogP contribution in [0.3, 0.4) is 0 Å². The number of rotatable bonds is 5. The lowest BCUT2D eigenvalue weighted by Gasteiger charge is -2.39. The van der Waals surface area contributed by atoms with Gasteiger partial charge in [-0.1, -0.05) is 23.2 Å². The van der Waals surface area contributed by atoms with Crippen LogP contribution in [0.15, 0.2) is 36.4 Å². The van der Waals surface area contributed by atoms with Crippen molar-refractivity contribution in [2.75, 3.05) is 41.7 Å². The highest BCUT2D eigenvalue weighted by atomic mass is 35.5. The van der Waals surface area contributed by atoms with Crippen LogP contribution in [0.2, 0.25) is 10.0 Å². The first-order chi connectivity index (χ1) is 17.4. The lowest BCUT2D eigenvalue weighted by atomic mass is 10.0. The van der Waals surface area contributed by atoms with E-state index in [-0.39, 0.29) is 22.9 Å². The van der Waals surface area contributed by atoms with Crippen LogP contribution in [0.1, 0.15) is 52.2 Å². The zero-order valence-corrected chi connectivity index (χ0v) is 21.1.